The Bertz CT molecular complexity index is 969. The Labute approximate surface area is 179 Å². The molecule has 0 unspecified atom stereocenters. The molecule has 164 valence electrons. The van der Waals surface area contributed by atoms with E-state index in [-0.39, 0.29) is 17.2 Å². The molecule has 7 nitrogen and oxygen atoms in total. The van der Waals surface area contributed by atoms with Gasteiger partial charge >= 0.3 is 0 Å². The van der Waals surface area contributed by atoms with Crippen LogP contribution >= 0.6 is 0 Å². The number of nitrogens with zero attached hydrogens (tertiary/aromatic N) is 1. The lowest BCUT2D eigenvalue weighted by Crippen LogP contribution is -2.30. The number of sulfonamides is 1. The summed E-state index contributed by atoms with van der Waals surface area (Å²) in [5.74, 6) is 0.896. The average Bonchev–Trinajstić information content (AvgIpc) is 2.73. The van der Waals surface area contributed by atoms with Gasteiger partial charge in [-0.1, -0.05) is 39.8 Å². The van der Waals surface area contributed by atoms with Crippen molar-refractivity contribution >= 4 is 21.6 Å². The summed E-state index contributed by atoms with van der Waals surface area (Å²) in [7, 11) is -2.20. The highest BCUT2D eigenvalue weighted by Crippen LogP contribution is 2.29. The molecular formula is C22H30N2O5S. The third-order valence-corrected chi connectivity index (χ3v) is 6.73. The Balaban J connectivity index is 2.16. The number of hydrogen-bond donors (Lipinski definition) is 1. The van der Waals surface area contributed by atoms with Crippen molar-refractivity contribution in [2.24, 2.45) is 0 Å². The van der Waals surface area contributed by atoms with Gasteiger partial charge in [-0.3, -0.25) is 4.79 Å². The molecule has 0 atom stereocenters. The van der Waals surface area contributed by atoms with Crippen LogP contribution in [0.15, 0.2) is 47.4 Å². The van der Waals surface area contributed by atoms with Gasteiger partial charge in [0, 0.05) is 13.1 Å². The maximum atomic E-state index is 12.8. The summed E-state index contributed by atoms with van der Waals surface area (Å²) >= 11 is 0. The van der Waals surface area contributed by atoms with Crippen LogP contribution in [0.3, 0.4) is 0 Å². The molecule has 2 rings (SSSR count). The Morgan fingerprint density at radius 1 is 1.10 bits per heavy atom. The van der Waals surface area contributed by atoms with Crippen LogP contribution in [0.25, 0.3) is 0 Å². The van der Waals surface area contributed by atoms with Crippen LogP contribution in [0, 0.1) is 0 Å². The van der Waals surface area contributed by atoms with Gasteiger partial charge < -0.3 is 14.8 Å². The lowest BCUT2D eigenvalue weighted by Gasteiger charge is -2.19. The minimum Gasteiger partial charge on any atom is -0.495 e. The minimum atomic E-state index is -3.66. The first-order chi connectivity index (χ1) is 14.2. The third kappa shape index (κ3) is 5.73. The van der Waals surface area contributed by atoms with Gasteiger partial charge in [-0.2, -0.15) is 4.31 Å². The lowest BCUT2D eigenvalue weighted by molar-refractivity contribution is -0.118. The van der Waals surface area contributed by atoms with Gasteiger partial charge in [-0.05, 0) is 41.8 Å². The van der Waals surface area contributed by atoms with Gasteiger partial charge in [-0.25, -0.2) is 8.42 Å². The number of amides is 1. The van der Waals surface area contributed by atoms with Gasteiger partial charge in [0.25, 0.3) is 5.91 Å². The Morgan fingerprint density at radius 3 is 2.40 bits per heavy atom. The Kier molecular flexibility index (Phi) is 8.25. The van der Waals surface area contributed by atoms with E-state index in [4.69, 9.17) is 9.47 Å². The highest BCUT2D eigenvalue weighted by atomic mass is 32.2. The van der Waals surface area contributed by atoms with E-state index in [0.717, 1.165) is 5.56 Å². The smallest absolute Gasteiger partial charge is 0.262 e. The summed E-state index contributed by atoms with van der Waals surface area (Å²) in [5.41, 5.74) is 1.39. The molecule has 8 heteroatoms. The molecule has 0 spiro atoms. The van der Waals surface area contributed by atoms with Crippen LogP contribution in [0.5, 0.6) is 11.5 Å². The molecule has 0 saturated heterocycles. The largest absolute Gasteiger partial charge is 0.495 e. The zero-order valence-corrected chi connectivity index (χ0v) is 19.0. The van der Waals surface area contributed by atoms with Crippen molar-refractivity contribution in [3.8, 4) is 11.5 Å². The van der Waals surface area contributed by atoms with E-state index in [0.29, 0.717) is 30.5 Å². The molecule has 2 aromatic rings. The number of nitrogens with one attached hydrogen (secondary N) is 1. The quantitative estimate of drug-likeness (QED) is 0.614. The second-order valence-corrected chi connectivity index (χ2v) is 8.95. The molecular weight excluding hydrogens is 404 g/mol. The number of rotatable bonds is 10. The van der Waals surface area contributed by atoms with Crippen molar-refractivity contribution in [2.45, 2.75) is 38.5 Å². The van der Waals surface area contributed by atoms with Crippen LogP contribution in [0.4, 0.5) is 5.69 Å². The number of anilines is 1. The predicted octanol–water partition coefficient (Wildman–Crippen LogP) is 3.87. The molecule has 2 aromatic carbocycles. The first-order valence-corrected chi connectivity index (χ1v) is 11.4. The predicted molar refractivity (Wildman–Crippen MR) is 118 cm³/mol. The number of carbonyl (C=O) groups is 1. The van der Waals surface area contributed by atoms with E-state index in [2.05, 4.69) is 19.2 Å². The second-order valence-electron chi connectivity index (χ2n) is 7.02. The molecule has 0 fully saturated rings. The summed E-state index contributed by atoms with van der Waals surface area (Å²) in [6.07, 6.45) is 0. The molecule has 0 aliphatic heterocycles. The standard InChI is InChI=1S/C22H30N2O5S/c1-6-24(7-2)30(26,27)19-11-12-21(28-5)20(14-19)23-22(25)15-29-18-10-8-9-17(13-18)16(3)4/h8-14,16H,6-7,15H2,1-5H3,(H,23,25). The van der Waals surface area contributed by atoms with Gasteiger partial charge in [0.2, 0.25) is 10.0 Å². The first-order valence-electron chi connectivity index (χ1n) is 9.93. The highest BCUT2D eigenvalue weighted by Gasteiger charge is 2.23. The zero-order valence-electron chi connectivity index (χ0n) is 18.1. The maximum absolute atomic E-state index is 12.8. The van der Waals surface area contributed by atoms with Gasteiger partial charge in [0.05, 0.1) is 17.7 Å². The van der Waals surface area contributed by atoms with E-state index in [9.17, 15) is 13.2 Å². The zero-order chi connectivity index (χ0) is 22.3. The van der Waals surface area contributed by atoms with E-state index in [1.807, 2.05) is 18.2 Å². The van der Waals surface area contributed by atoms with Gasteiger partial charge in [0.1, 0.15) is 11.5 Å². The topological polar surface area (TPSA) is 84.9 Å². The molecule has 1 N–H and O–H groups in total. The number of benzene rings is 2. The van der Waals surface area contributed by atoms with Crippen molar-refractivity contribution in [2.75, 3.05) is 32.1 Å². The van der Waals surface area contributed by atoms with Crippen molar-refractivity contribution in [3.63, 3.8) is 0 Å². The number of methoxy groups -OCH3 is 1. The van der Waals surface area contributed by atoms with Gasteiger partial charge in [0.15, 0.2) is 6.61 Å². The summed E-state index contributed by atoms with van der Waals surface area (Å²) in [6, 6.07) is 12.0. The molecule has 0 saturated carbocycles. The fourth-order valence-electron chi connectivity index (χ4n) is 2.96. The molecule has 0 radical (unpaired) electrons. The van der Waals surface area contributed by atoms with Crippen LogP contribution in [-0.2, 0) is 14.8 Å². The molecule has 0 bridgehead atoms. The van der Waals surface area contributed by atoms with Crippen molar-refractivity contribution < 1.29 is 22.7 Å². The highest BCUT2D eigenvalue weighted by molar-refractivity contribution is 7.89. The molecule has 30 heavy (non-hydrogen) atoms. The van der Waals surface area contributed by atoms with Crippen LogP contribution < -0.4 is 14.8 Å². The molecule has 0 aromatic heterocycles. The number of hydrogen-bond acceptors (Lipinski definition) is 5. The SMILES string of the molecule is CCN(CC)S(=O)(=O)c1ccc(OC)c(NC(=O)COc2cccc(C(C)C)c2)c1. The maximum Gasteiger partial charge on any atom is 0.262 e. The van der Waals surface area contributed by atoms with Crippen molar-refractivity contribution in [1.82, 2.24) is 4.31 Å². The van der Waals surface area contributed by atoms with Crippen LogP contribution in [-0.4, -0.2) is 45.4 Å². The summed E-state index contributed by atoms with van der Waals surface area (Å²) in [6.45, 7) is 8.22. The van der Waals surface area contributed by atoms with Crippen molar-refractivity contribution in [1.29, 1.82) is 0 Å². The van der Waals surface area contributed by atoms with Gasteiger partial charge in [-0.15, -0.1) is 0 Å². The van der Waals surface area contributed by atoms with E-state index in [1.54, 1.807) is 19.9 Å². The molecule has 1 amide bonds. The van der Waals surface area contributed by atoms with E-state index < -0.39 is 15.9 Å². The Hall–Kier alpha value is -2.58. The van der Waals surface area contributed by atoms with Crippen molar-refractivity contribution in [3.05, 3.63) is 48.0 Å². The fourth-order valence-corrected chi connectivity index (χ4v) is 4.44. The molecule has 0 aliphatic carbocycles. The average molecular weight is 435 g/mol. The van der Waals surface area contributed by atoms with E-state index in [1.165, 1.54) is 29.6 Å². The summed E-state index contributed by atoms with van der Waals surface area (Å²) < 4.78 is 37.8. The van der Waals surface area contributed by atoms with Crippen LogP contribution in [0.2, 0.25) is 0 Å². The fraction of sp³-hybridized carbons (Fsp3) is 0.409. The first kappa shape index (κ1) is 23.7. The normalized spacial score (nSPS) is 11.6. The number of ether oxygens (including phenoxy) is 2. The Morgan fingerprint density at radius 2 is 1.80 bits per heavy atom. The minimum absolute atomic E-state index is 0.0906. The molecule has 0 heterocycles. The number of carbonyl (C=O) groups excluding carboxylic acids is 1. The van der Waals surface area contributed by atoms with Crippen LogP contribution in [0.1, 0.15) is 39.2 Å². The molecule has 0 aliphatic rings. The third-order valence-electron chi connectivity index (χ3n) is 4.68. The lowest BCUT2D eigenvalue weighted by atomic mass is 10.0. The summed E-state index contributed by atoms with van der Waals surface area (Å²) in [5, 5.41) is 2.68. The summed E-state index contributed by atoms with van der Waals surface area (Å²) in [4.78, 5) is 12.5. The monoisotopic (exact) mass is 434 g/mol. The second kappa shape index (κ2) is 10.4. The van der Waals surface area contributed by atoms with E-state index >= 15 is 0 Å².